The van der Waals surface area contributed by atoms with E-state index in [1.807, 2.05) is 30.3 Å². The maximum absolute atomic E-state index is 13.0. The highest BCUT2D eigenvalue weighted by Gasteiger charge is 2.35. The molecule has 0 unspecified atom stereocenters. The lowest BCUT2D eigenvalue weighted by Gasteiger charge is -2.28. The number of sulfone groups is 1. The minimum absolute atomic E-state index is 0.00705. The van der Waals surface area contributed by atoms with Crippen molar-refractivity contribution in [1.82, 2.24) is 4.90 Å². The van der Waals surface area contributed by atoms with Gasteiger partial charge in [0.1, 0.15) is 0 Å². The Labute approximate surface area is 157 Å². The van der Waals surface area contributed by atoms with Crippen LogP contribution in [0.4, 0.5) is 0 Å². The smallest absolute Gasteiger partial charge is 0.254 e. The van der Waals surface area contributed by atoms with Crippen molar-refractivity contribution in [1.29, 1.82) is 0 Å². The molecule has 0 radical (unpaired) electrons. The Bertz CT molecular complexity index is 884. The van der Waals surface area contributed by atoms with E-state index in [1.165, 1.54) is 6.07 Å². The molecular weight excluding hydrogens is 381 g/mol. The molecule has 1 atom stereocenters. The van der Waals surface area contributed by atoms with Gasteiger partial charge >= 0.3 is 0 Å². The van der Waals surface area contributed by atoms with Crippen LogP contribution in [0.25, 0.3) is 0 Å². The van der Waals surface area contributed by atoms with Gasteiger partial charge in [-0.15, -0.1) is 0 Å². The minimum atomic E-state index is -3.10. The molecule has 0 bridgehead atoms. The second-order valence-corrected chi connectivity index (χ2v) is 9.15. The SMILES string of the molecule is O=C(c1ccc(Cl)c(Cl)c1)N(Cc1ccccc1)[C@H]1CCS(=O)(=O)C1. The van der Waals surface area contributed by atoms with Crippen molar-refractivity contribution >= 4 is 38.9 Å². The number of amides is 1. The van der Waals surface area contributed by atoms with Crippen LogP contribution in [0.3, 0.4) is 0 Å². The molecule has 0 N–H and O–H groups in total. The van der Waals surface area contributed by atoms with Crippen molar-refractivity contribution in [3.05, 3.63) is 69.7 Å². The summed E-state index contributed by atoms with van der Waals surface area (Å²) in [6.07, 6.45) is 0.447. The molecule has 1 fully saturated rings. The highest BCUT2D eigenvalue weighted by atomic mass is 35.5. The van der Waals surface area contributed by atoms with Crippen LogP contribution in [0.1, 0.15) is 22.3 Å². The van der Waals surface area contributed by atoms with E-state index in [2.05, 4.69) is 0 Å². The number of hydrogen-bond donors (Lipinski definition) is 0. The molecule has 1 aliphatic rings. The van der Waals surface area contributed by atoms with Gasteiger partial charge < -0.3 is 4.90 Å². The van der Waals surface area contributed by atoms with E-state index in [-0.39, 0.29) is 23.5 Å². The lowest BCUT2D eigenvalue weighted by molar-refractivity contribution is 0.0681. The number of halogens is 2. The number of carbonyl (C=O) groups is 1. The van der Waals surface area contributed by atoms with Crippen molar-refractivity contribution in [2.75, 3.05) is 11.5 Å². The van der Waals surface area contributed by atoms with Crippen molar-refractivity contribution < 1.29 is 13.2 Å². The summed E-state index contributed by atoms with van der Waals surface area (Å²) in [5.41, 5.74) is 1.34. The molecule has 1 aliphatic heterocycles. The van der Waals surface area contributed by atoms with Gasteiger partial charge in [0.25, 0.3) is 5.91 Å². The maximum Gasteiger partial charge on any atom is 0.254 e. The lowest BCUT2D eigenvalue weighted by atomic mass is 10.1. The molecule has 25 heavy (non-hydrogen) atoms. The summed E-state index contributed by atoms with van der Waals surface area (Å²) in [6.45, 7) is 0.347. The Morgan fingerprint density at radius 3 is 2.40 bits per heavy atom. The van der Waals surface area contributed by atoms with Crippen molar-refractivity contribution in [2.24, 2.45) is 0 Å². The fourth-order valence-electron chi connectivity index (χ4n) is 2.96. The zero-order valence-corrected chi connectivity index (χ0v) is 15.7. The molecule has 0 spiro atoms. The minimum Gasteiger partial charge on any atom is -0.330 e. The van der Waals surface area contributed by atoms with Gasteiger partial charge in [0.2, 0.25) is 0 Å². The third kappa shape index (κ3) is 4.35. The van der Waals surface area contributed by atoms with Crippen LogP contribution in [-0.4, -0.2) is 36.8 Å². The van der Waals surface area contributed by atoms with Crippen LogP contribution in [0.15, 0.2) is 48.5 Å². The molecule has 2 aromatic carbocycles. The first-order chi connectivity index (χ1) is 11.9. The van der Waals surface area contributed by atoms with Gasteiger partial charge in [-0.25, -0.2) is 8.42 Å². The number of nitrogens with zero attached hydrogens (tertiary/aromatic N) is 1. The van der Waals surface area contributed by atoms with Gasteiger partial charge in [-0.2, -0.15) is 0 Å². The Balaban J connectivity index is 1.92. The van der Waals surface area contributed by atoms with Gasteiger partial charge in [-0.05, 0) is 30.2 Å². The quantitative estimate of drug-likeness (QED) is 0.787. The molecule has 132 valence electrons. The second kappa shape index (κ2) is 7.36. The van der Waals surface area contributed by atoms with Gasteiger partial charge in [0.05, 0.1) is 21.6 Å². The Hall–Kier alpha value is -1.56. The molecule has 0 aromatic heterocycles. The summed E-state index contributed by atoms with van der Waals surface area (Å²) in [4.78, 5) is 14.7. The molecule has 3 rings (SSSR count). The molecule has 0 aliphatic carbocycles. The molecular formula is C18H17Cl2NO3S. The predicted molar refractivity (Wildman–Crippen MR) is 99.8 cm³/mol. The van der Waals surface area contributed by atoms with Crippen LogP contribution >= 0.6 is 23.2 Å². The zero-order valence-electron chi connectivity index (χ0n) is 13.4. The summed E-state index contributed by atoms with van der Waals surface area (Å²) in [6, 6.07) is 13.9. The van der Waals surface area contributed by atoms with E-state index in [4.69, 9.17) is 23.2 Å². The van der Waals surface area contributed by atoms with E-state index in [1.54, 1.807) is 17.0 Å². The molecule has 1 heterocycles. The van der Waals surface area contributed by atoms with Gasteiger partial charge in [0, 0.05) is 18.2 Å². The Morgan fingerprint density at radius 2 is 1.80 bits per heavy atom. The molecule has 1 saturated heterocycles. The third-order valence-corrected chi connectivity index (χ3v) is 6.76. The van der Waals surface area contributed by atoms with Crippen LogP contribution < -0.4 is 0 Å². The van der Waals surface area contributed by atoms with E-state index >= 15 is 0 Å². The fraction of sp³-hybridized carbons (Fsp3) is 0.278. The number of hydrogen-bond acceptors (Lipinski definition) is 3. The first-order valence-corrected chi connectivity index (χ1v) is 10.4. The topological polar surface area (TPSA) is 54.5 Å². The van der Waals surface area contributed by atoms with Gasteiger partial charge in [-0.3, -0.25) is 4.79 Å². The summed E-state index contributed by atoms with van der Waals surface area (Å²) >= 11 is 12.0. The standard InChI is InChI=1S/C18H17Cl2NO3S/c19-16-7-6-14(10-17(16)20)18(22)21(11-13-4-2-1-3-5-13)15-8-9-25(23,24)12-15/h1-7,10,15H,8-9,11-12H2/t15-/m0/s1. The highest BCUT2D eigenvalue weighted by molar-refractivity contribution is 7.91. The predicted octanol–water partition coefficient (Wildman–Crippen LogP) is 3.82. The fourth-order valence-corrected chi connectivity index (χ4v) is 4.99. The largest absolute Gasteiger partial charge is 0.330 e. The van der Waals surface area contributed by atoms with E-state index < -0.39 is 9.84 Å². The number of benzene rings is 2. The van der Waals surface area contributed by atoms with Crippen molar-refractivity contribution in [3.8, 4) is 0 Å². The zero-order chi connectivity index (χ0) is 18.0. The van der Waals surface area contributed by atoms with Gasteiger partial charge in [0.15, 0.2) is 9.84 Å². The van der Waals surface area contributed by atoms with Crippen LogP contribution in [0.5, 0.6) is 0 Å². The van der Waals surface area contributed by atoms with Gasteiger partial charge in [-0.1, -0.05) is 53.5 Å². The third-order valence-electron chi connectivity index (χ3n) is 4.27. The lowest BCUT2D eigenvalue weighted by Crippen LogP contribution is -2.40. The molecule has 1 amide bonds. The normalized spacial score (nSPS) is 18.9. The average Bonchev–Trinajstić information content (AvgIpc) is 2.95. The van der Waals surface area contributed by atoms with E-state index in [0.29, 0.717) is 28.6 Å². The van der Waals surface area contributed by atoms with Crippen molar-refractivity contribution in [3.63, 3.8) is 0 Å². The number of carbonyl (C=O) groups excluding carboxylic acids is 1. The van der Waals surface area contributed by atoms with E-state index in [9.17, 15) is 13.2 Å². The number of rotatable bonds is 4. The summed E-state index contributed by atoms with van der Waals surface area (Å²) < 4.78 is 23.8. The first kappa shape index (κ1) is 18.2. The summed E-state index contributed by atoms with van der Waals surface area (Å²) in [5, 5.41) is 0.669. The van der Waals surface area contributed by atoms with Crippen LogP contribution in [-0.2, 0) is 16.4 Å². The molecule has 2 aromatic rings. The summed E-state index contributed by atoms with van der Waals surface area (Å²) in [7, 11) is -3.10. The molecule has 4 nitrogen and oxygen atoms in total. The average molecular weight is 398 g/mol. The monoisotopic (exact) mass is 397 g/mol. The summed E-state index contributed by atoms with van der Waals surface area (Å²) in [5.74, 6) is -0.144. The maximum atomic E-state index is 13.0. The van der Waals surface area contributed by atoms with Crippen molar-refractivity contribution in [2.45, 2.75) is 19.0 Å². The van der Waals surface area contributed by atoms with E-state index in [0.717, 1.165) is 5.56 Å². The van der Waals surface area contributed by atoms with Crippen LogP contribution in [0, 0.1) is 0 Å². The Morgan fingerprint density at radius 1 is 1.08 bits per heavy atom. The Kier molecular flexibility index (Phi) is 5.37. The highest BCUT2D eigenvalue weighted by Crippen LogP contribution is 2.26. The molecule has 0 saturated carbocycles. The molecule has 7 heteroatoms. The second-order valence-electron chi connectivity index (χ2n) is 6.10. The van der Waals surface area contributed by atoms with Crippen LogP contribution in [0.2, 0.25) is 10.0 Å². The first-order valence-electron chi connectivity index (χ1n) is 7.86.